The first-order chi connectivity index (χ1) is 12.2. The highest BCUT2D eigenvalue weighted by molar-refractivity contribution is 5.57. The van der Waals surface area contributed by atoms with Gasteiger partial charge in [-0.25, -0.2) is 10.4 Å². The molecule has 0 atom stereocenters. The van der Waals surface area contributed by atoms with E-state index in [1.54, 1.807) is 12.1 Å². The van der Waals surface area contributed by atoms with Gasteiger partial charge in [-0.1, -0.05) is 26.7 Å². The van der Waals surface area contributed by atoms with Crippen LogP contribution in [0, 0.1) is 0 Å². The van der Waals surface area contributed by atoms with Crippen molar-refractivity contribution in [3.8, 4) is 5.75 Å². The van der Waals surface area contributed by atoms with E-state index in [-0.39, 0.29) is 5.75 Å². The fourth-order valence-electron chi connectivity index (χ4n) is 3.30. The number of phenolic OH excluding ortho intramolecular Hbond substituents is 1. The normalized spacial score (nSPS) is 14.6. The Labute approximate surface area is 149 Å². The number of hydrogen-bond donors (Lipinski definition) is 3. The summed E-state index contributed by atoms with van der Waals surface area (Å²) in [7, 11) is 0. The van der Waals surface area contributed by atoms with Crippen molar-refractivity contribution in [1.29, 1.82) is 0 Å². The van der Waals surface area contributed by atoms with E-state index in [4.69, 9.17) is 4.98 Å². The second-order valence-corrected chi connectivity index (χ2v) is 6.39. The Kier molecular flexibility index (Phi) is 5.71. The van der Waals surface area contributed by atoms with Crippen LogP contribution >= 0.6 is 0 Å². The predicted molar refractivity (Wildman–Crippen MR) is 101 cm³/mol. The lowest BCUT2D eigenvalue weighted by Gasteiger charge is -2.31. The van der Waals surface area contributed by atoms with Crippen LogP contribution in [0.5, 0.6) is 5.75 Å². The lowest BCUT2D eigenvalue weighted by atomic mass is 10.2. The molecule has 1 aromatic heterocycles. The van der Waals surface area contributed by atoms with Crippen molar-refractivity contribution >= 4 is 17.5 Å². The van der Waals surface area contributed by atoms with E-state index in [0.717, 1.165) is 30.0 Å². The first-order valence-corrected chi connectivity index (χ1v) is 9.16. The smallest absolute Gasteiger partial charge is 0.229 e. The van der Waals surface area contributed by atoms with Crippen LogP contribution in [0.3, 0.4) is 0 Å². The maximum Gasteiger partial charge on any atom is 0.229 e. The zero-order valence-electron chi connectivity index (χ0n) is 15.0. The molecule has 1 aromatic carbocycles. The van der Waals surface area contributed by atoms with Gasteiger partial charge in [-0.05, 0) is 43.5 Å². The van der Waals surface area contributed by atoms with Crippen molar-refractivity contribution in [2.75, 3.05) is 16.9 Å². The number of hydrazine groups is 1. The number of phenols is 1. The van der Waals surface area contributed by atoms with Crippen LogP contribution < -0.4 is 15.8 Å². The molecule has 1 saturated carbocycles. The number of aryl methyl sites for hydroxylation is 1. The highest BCUT2D eigenvalue weighted by Crippen LogP contribution is 2.29. The third-order valence-corrected chi connectivity index (χ3v) is 4.59. The summed E-state index contributed by atoms with van der Waals surface area (Å²) in [6, 6.07) is 7.40. The van der Waals surface area contributed by atoms with E-state index in [1.165, 1.54) is 25.7 Å². The van der Waals surface area contributed by atoms with E-state index in [1.807, 2.05) is 18.3 Å². The monoisotopic (exact) mass is 341 g/mol. The Morgan fingerprint density at radius 3 is 2.52 bits per heavy atom. The van der Waals surface area contributed by atoms with E-state index in [9.17, 15) is 5.11 Å². The van der Waals surface area contributed by atoms with E-state index in [0.29, 0.717) is 12.0 Å². The van der Waals surface area contributed by atoms with Crippen molar-refractivity contribution in [3.63, 3.8) is 0 Å². The lowest BCUT2D eigenvalue weighted by Crippen LogP contribution is -2.45. The zero-order chi connectivity index (χ0) is 17.6. The molecule has 3 rings (SSSR count). The van der Waals surface area contributed by atoms with E-state index in [2.05, 4.69) is 34.6 Å². The minimum Gasteiger partial charge on any atom is -0.508 e. The largest absolute Gasteiger partial charge is 0.508 e. The zero-order valence-corrected chi connectivity index (χ0v) is 15.0. The SMILES string of the molecule is CCNN(c1nc(Nc2ccc(O)cc2)ncc1CC)C1CCCC1. The van der Waals surface area contributed by atoms with Crippen molar-refractivity contribution in [3.05, 3.63) is 36.0 Å². The molecule has 6 nitrogen and oxygen atoms in total. The highest BCUT2D eigenvalue weighted by atomic mass is 16.3. The molecular weight excluding hydrogens is 314 g/mol. The molecule has 0 saturated heterocycles. The minimum atomic E-state index is 0.244. The number of nitrogens with one attached hydrogen (secondary N) is 2. The second kappa shape index (κ2) is 8.16. The summed E-state index contributed by atoms with van der Waals surface area (Å²) in [5, 5.41) is 14.9. The number of nitrogens with zero attached hydrogens (tertiary/aromatic N) is 3. The topological polar surface area (TPSA) is 73.3 Å². The fraction of sp³-hybridized carbons (Fsp3) is 0.474. The van der Waals surface area contributed by atoms with Gasteiger partial charge in [-0.2, -0.15) is 4.98 Å². The molecule has 0 radical (unpaired) electrons. The molecule has 3 N–H and O–H groups in total. The molecule has 1 fully saturated rings. The summed E-state index contributed by atoms with van der Waals surface area (Å²) in [4.78, 5) is 9.26. The molecule has 25 heavy (non-hydrogen) atoms. The number of hydrogen-bond acceptors (Lipinski definition) is 6. The summed E-state index contributed by atoms with van der Waals surface area (Å²) in [6.07, 6.45) is 7.74. The van der Waals surface area contributed by atoms with Crippen molar-refractivity contribution < 1.29 is 5.11 Å². The molecule has 1 heterocycles. The van der Waals surface area contributed by atoms with Gasteiger partial charge in [0, 0.05) is 30.0 Å². The summed E-state index contributed by atoms with van der Waals surface area (Å²) in [6.45, 7) is 5.11. The van der Waals surface area contributed by atoms with Crippen LogP contribution in [0.1, 0.15) is 45.1 Å². The third-order valence-electron chi connectivity index (χ3n) is 4.59. The Morgan fingerprint density at radius 2 is 1.88 bits per heavy atom. The second-order valence-electron chi connectivity index (χ2n) is 6.39. The van der Waals surface area contributed by atoms with Gasteiger partial charge in [0.2, 0.25) is 5.95 Å². The van der Waals surface area contributed by atoms with Gasteiger partial charge in [-0.15, -0.1) is 0 Å². The van der Waals surface area contributed by atoms with Gasteiger partial charge in [-0.3, -0.25) is 5.01 Å². The van der Waals surface area contributed by atoms with Crippen molar-refractivity contribution in [2.24, 2.45) is 0 Å². The summed E-state index contributed by atoms with van der Waals surface area (Å²) in [5.74, 6) is 1.78. The van der Waals surface area contributed by atoms with Gasteiger partial charge in [0.15, 0.2) is 5.82 Å². The fourth-order valence-corrected chi connectivity index (χ4v) is 3.30. The lowest BCUT2D eigenvalue weighted by molar-refractivity contribution is 0.475. The van der Waals surface area contributed by atoms with Gasteiger partial charge in [0.25, 0.3) is 0 Å². The predicted octanol–water partition coefficient (Wildman–Crippen LogP) is 3.76. The summed E-state index contributed by atoms with van der Waals surface area (Å²) in [5.41, 5.74) is 5.49. The third kappa shape index (κ3) is 4.20. The maximum absolute atomic E-state index is 9.41. The van der Waals surface area contributed by atoms with Crippen LogP contribution in [0.25, 0.3) is 0 Å². The quantitative estimate of drug-likeness (QED) is 0.526. The molecule has 0 aliphatic heterocycles. The summed E-state index contributed by atoms with van der Waals surface area (Å²) >= 11 is 0. The van der Waals surface area contributed by atoms with Crippen LogP contribution in [0.4, 0.5) is 17.5 Å². The van der Waals surface area contributed by atoms with Gasteiger partial charge in [0.1, 0.15) is 5.75 Å². The molecule has 6 heteroatoms. The number of anilines is 3. The van der Waals surface area contributed by atoms with Crippen LogP contribution in [-0.4, -0.2) is 27.7 Å². The maximum atomic E-state index is 9.41. The Bertz CT molecular complexity index is 683. The van der Waals surface area contributed by atoms with Crippen LogP contribution in [0.2, 0.25) is 0 Å². The van der Waals surface area contributed by atoms with Gasteiger partial charge >= 0.3 is 0 Å². The van der Waals surface area contributed by atoms with Crippen LogP contribution in [-0.2, 0) is 6.42 Å². The average molecular weight is 341 g/mol. The number of aromatic hydroxyl groups is 1. The van der Waals surface area contributed by atoms with Gasteiger partial charge in [0.05, 0.1) is 0 Å². The molecular formula is C19H27N5O. The van der Waals surface area contributed by atoms with E-state index < -0.39 is 0 Å². The summed E-state index contributed by atoms with van der Waals surface area (Å²) < 4.78 is 0. The first kappa shape index (κ1) is 17.5. The molecule has 0 unspecified atom stereocenters. The molecule has 1 aliphatic rings. The Hall–Kier alpha value is -2.34. The van der Waals surface area contributed by atoms with Crippen molar-refractivity contribution in [1.82, 2.24) is 15.4 Å². The number of benzene rings is 1. The number of rotatable bonds is 7. The Balaban J connectivity index is 1.88. The number of aromatic nitrogens is 2. The molecule has 1 aliphatic carbocycles. The molecule has 2 aromatic rings. The van der Waals surface area contributed by atoms with Crippen molar-refractivity contribution in [2.45, 2.75) is 52.0 Å². The Morgan fingerprint density at radius 1 is 1.16 bits per heavy atom. The average Bonchev–Trinajstić information content (AvgIpc) is 3.16. The van der Waals surface area contributed by atoms with Gasteiger partial charge < -0.3 is 10.4 Å². The van der Waals surface area contributed by atoms with Crippen LogP contribution in [0.15, 0.2) is 30.5 Å². The first-order valence-electron chi connectivity index (χ1n) is 9.16. The highest BCUT2D eigenvalue weighted by Gasteiger charge is 2.25. The van der Waals surface area contributed by atoms with E-state index >= 15 is 0 Å². The molecule has 134 valence electrons. The molecule has 0 spiro atoms. The molecule has 0 amide bonds. The minimum absolute atomic E-state index is 0.244. The standard InChI is InChI=1S/C19H27N5O/c1-3-14-13-20-19(22-15-9-11-17(25)12-10-15)23-18(14)24(21-4-2)16-7-5-6-8-16/h9-13,16,21,25H,3-8H2,1-2H3,(H,20,22,23). The molecule has 0 bridgehead atoms.